The number of methoxy groups -OCH3 is 1. The van der Waals surface area contributed by atoms with Crippen LogP contribution in [0.15, 0.2) is 30.3 Å². The molecule has 1 aliphatic heterocycles. The fourth-order valence-corrected chi connectivity index (χ4v) is 3.94. The Morgan fingerprint density at radius 3 is 2.67 bits per heavy atom. The lowest BCUT2D eigenvalue weighted by atomic mass is 9.92. The summed E-state index contributed by atoms with van der Waals surface area (Å²) in [5.41, 5.74) is 4.11. The highest BCUT2D eigenvalue weighted by molar-refractivity contribution is 5.78. The van der Waals surface area contributed by atoms with Crippen LogP contribution in [0, 0.1) is 13.8 Å². The maximum absolute atomic E-state index is 12.2. The van der Waals surface area contributed by atoms with Gasteiger partial charge in [0.05, 0.1) is 13.2 Å². The topological polar surface area (TPSA) is 79.4 Å². The van der Waals surface area contributed by atoms with Crippen molar-refractivity contribution in [1.82, 2.24) is 20.2 Å². The Labute approximate surface area is 179 Å². The number of piperidine rings is 1. The molecule has 162 valence electrons. The van der Waals surface area contributed by atoms with Crippen molar-refractivity contribution >= 4 is 17.4 Å². The van der Waals surface area contributed by atoms with Crippen molar-refractivity contribution in [3.05, 3.63) is 47.4 Å². The SMILES string of the molecule is COCC(C)NC(=O)CN1CCC(c2cc(Nc3cccc(C)n3)cc(C)n2)CC1. The molecule has 1 unspecified atom stereocenters. The van der Waals surface area contributed by atoms with Gasteiger partial charge in [0, 0.05) is 41.8 Å². The van der Waals surface area contributed by atoms with Crippen molar-refractivity contribution in [2.75, 3.05) is 38.7 Å². The maximum Gasteiger partial charge on any atom is 0.234 e. The highest BCUT2D eigenvalue weighted by Gasteiger charge is 2.23. The second kappa shape index (κ2) is 10.5. The first-order valence-corrected chi connectivity index (χ1v) is 10.6. The largest absolute Gasteiger partial charge is 0.383 e. The lowest BCUT2D eigenvalue weighted by molar-refractivity contribution is -0.123. The molecule has 1 aliphatic rings. The quantitative estimate of drug-likeness (QED) is 0.695. The summed E-state index contributed by atoms with van der Waals surface area (Å²) in [6, 6.07) is 10.2. The standard InChI is InChI=1S/C23H33N5O2/c1-16-6-5-7-22(25-16)27-20-12-17(2)24-21(13-20)19-8-10-28(11-9-19)14-23(29)26-18(3)15-30-4/h5-7,12-13,18-19H,8-11,14-15H2,1-4H3,(H,26,29)(H,24,25,27). The first-order valence-electron chi connectivity index (χ1n) is 10.6. The molecule has 0 radical (unpaired) electrons. The average Bonchev–Trinajstić information content (AvgIpc) is 2.68. The van der Waals surface area contributed by atoms with Gasteiger partial charge in [0.15, 0.2) is 0 Å². The van der Waals surface area contributed by atoms with Crippen LogP contribution in [0.3, 0.4) is 0 Å². The summed E-state index contributed by atoms with van der Waals surface area (Å²) in [7, 11) is 1.64. The minimum atomic E-state index is 0.0327. The number of aryl methyl sites for hydroxylation is 2. The number of nitrogens with zero attached hydrogens (tertiary/aromatic N) is 3. The number of ether oxygens (including phenoxy) is 1. The zero-order valence-corrected chi connectivity index (χ0v) is 18.4. The highest BCUT2D eigenvalue weighted by atomic mass is 16.5. The van der Waals surface area contributed by atoms with E-state index < -0.39 is 0 Å². The Bertz CT molecular complexity index is 849. The molecule has 2 aromatic heterocycles. The summed E-state index contributed by atoms with van der Waals surface area (Å²) in [4.78, 5) is 23.7. The number of carbonyl (C=O) groups is 1. The van der Waals surface area contributed by atoms with E-state index in [4.69, 9.17) is 9.72 Å². The Morgan fingerprint density at radius 1 is 1.20 bits per heavy atom. The summed E-state index contributed by atoms with van der Waals surface area (Å²) >= 11 is 0. The highest BCUT2D eigenvalue weighted by Crippen LogP contribution is 2.29. The van der Waals surface area contributed by atoms with Crippen molar-refractivity contribution in [2.45, 2.75) is 45.6 Å². The van der Waals surface area contributed by atoms with E-state index in [1.807, 2.05) is 45.0 Å². The van der Waals surface area contributed by atoms with E-state index in [2.05, 4.69) is 26.6 Å². The number of rotatable bonds is 8. The molecule has 0 spiro atoms. The molecule has 3 heterocycles. The lowest BCUT2D eigenvalue weighted by Gasteiger charge is -2.31. The van der Waals surface area contributed by atoms with Gasteiger partial charge in [0.2, 0.25) is 5.91 Å². The number of pyridine rings is 2. The minimum Gasteiger partial charge on any atom is -0.383 e. The molecule has 7 heteroatoms. The molecule has 1 saturated heterocycles. The third kappa shape index (κ3) is 6.50. The number of aromatic nitrogens is 2. The van der Waals surface area contributed by atoms with Crippen LogP contribution in [0.4, 0.5) is 11.5 Å². The molecule has 1 amide bonds. The average molecular weight is 412 g/mol. The zero-order chi connectivity index (χ0) is 21.5. The van der Waals surface area contributed by atoms with E-state index in [9.17, 15) is 4.79 Å². The summed E-state index contributed by atoms with van der Waals surface area (Å²) in [6.45, 7) is 8.73. The number of nitrogens with one attached hydrogen (secondary N) is 2. The van der Waals surface area contributed by atoms with Gasteiger partial charge in [-0.1, -0.05) is 6.07 Å². The van der Waals surface area contributed by atoms with E-state index in [0.29, 0.717) is 19.1 Å². The van der Waals surface area contributed by atoms with E-state index in [1.54, 1.807) is 7.11 Å². The minimum absolute atomic E-state index is 0.0327. The molecular formula is C23H33N5O2. The molecule has 0 aliphatic carbocycles. The fraction of sp³-hybridized carbons (Fsp3) is 0.522. The third-order valence-corrected chi connectivity index (χ3v) is 5.33. The van der Waals surface area contributed by atoms with Crippen LogP contribution < -0.4 is 10.6 Å². The van der Waals surface area contributed by atoms with Crippen LogP contribution in [-0.4, -0.2) is 60.2 Å². The summed E-state index contributed by atoms with van der Waals surface area (Å²) in [5, 5.41) is 6.38. The smallest absolute Gasteiger partial charge is 0.234 e. The summed E-state index contributed by atoms with van der Waals surface area (Å²) < 4.78 is 5.08. The number of anilines is 2. The van der Waals surface area contributed by atoms with Crippen LogP contribution in [0.5, 0.6) is 0 Å². The van der Waals surface area contributed by atoms with Crippen molar-refractivity contribution in [3.63, 3.8) is 0 Å². The van der Waals surface area contributed by atoms with Gasteiger partial charge in [-0.2, -0.15) is 0 Å². The molecule has 0 aromatic carbocycles. The van der Waals surface area contributed by atoms with Crippen molar-refractivity contribution in [3.8, 4) is 0 Å². The van der Waals surface area contributed by atoms with E-state index >= 15 is 0 Å². The predicted octanol–water partition coefficient (Wildman–Crippen LogP) is 3.17. The molecule has 0 bridgehead atoms. The maximum atomic E-state index is 12.2. The molecule has 1 fully saturated rings. The molecular weight excluding hydrogens is 378 g/mol. The van der Waals surface area contributed by atoms with Gasteiger partial charge in [0.25, 0.3) is 0 Å². The number of hydrogen-bond acceptors (Lipinski definition) is 6. The van der Waals surface area contributed by atoms with E-state index in [0.717, 1.165) is 54.5 Å². The van der Waals surface area contributed by atoms with Crippen LogP contribution in [0.2, 0.25) is 0 Å². The summed E-state index contributed by atoms with van der Waals surface area (Å²) in [6.07, 6.45) is 2.00. The fourth-order valence-electron chi connectivity index (χ4n) is 3.94. The van der Waals surface area contributed by atoms with Gasteiger partial charge in [-0.05, 0) is 71.0 Å². The molecule has 30 heavy (non-hydrogen) atoms. The van der Waals surface area contributed by atoms with Crippen molar-refractivity contribution in [2.24, 2.45) is 0 Å². The van der Waals surface area contributed by atoms with Crippen LogP contribution in [-0.2, 0) is 9.53 Å². The van der Waals surface area contributed by atoms with Gasteiger partial charge in [-0.15, -0.1) is 0 Å². The Balaban J connectivity index is 1.56. The van der Waals surface area contributed by atoms with Gasteiger partial charge >= 0.3 is 0 Å². The predicted molar refractivity (Wildman–Crippen MR) is 119 cm³/mol. The normalized spacial score (nSPS) is 16.3. The first kappa shape index (κ1) is 22.2. The van der Waals surface area contributed by atoms with E-state index in [1.165, 1.54) is 0 Å². The second-order valence-electron chi connectivity index (χ2n) is 8.19. The Kier molecular flexibility index (Phi) is 7.76. The van der Waals surface area contributed by atoms with Gasteiger partial charge in [-0.3, -0.25) is 14.7 Å². The first-order chi connectivity index (χ1) is 14.4. The molecule has 2 aromatic rings. The number of likely N-dealkylation sites (tertiary alicyclic amines) is 1. The number of hydrogen-bond donors (Lipinski definition) is 2. The monoisotopic (exact) mass is 411 g/mol. The lowest BCUT2D eigenvalue weighted by Crippen LogP contribution is -2.44. The molecule has 1 atom stereocenters. The Morgan fingerprint density at radius 2 is 1.97 bits per heavy atom. The summed E-state index contributed by atoms with van der Waals surface area (Å²) in [5.74, 6) is 1.31. The van der Waals surface area contributed by atoms with Crippen molar-refractivity contribution in [1.29, 1.82) is 0 Å². The van der Waals surface area contributed by atoms with Gasteiger partial charge in [-0.25, -0.2) is 4.98 Å². The number of amides is 1. The zero-order valence-electron chi connectivity index (χ0n) is 18.4. The van der Waals surface area contributed by atoms with Crippen LogP contribution in [0.1, 0.15) is 42.8 Å². The van der Waals surface area contributed by atoms with E-state index in [-0.39, 0.29) is 11.9 Å². The van der Waals surface area contributed by atoms with Crippen molar-refractivity contribution < 1.29 is 9.53 Å². The Hall–Kier alpha value is -2.51. The van der Waals surface area contributed by atoms with Crippen LogP contribution >= 0.6 is 0 Å². The molecule has 2 N–H and O–H groups in total. The van der Waals surface area contributed by atoms with Gasteiger partial charge in [0.1, 0.15) is 5.82 Å². The molecule has 0 saturated carbocycles. The van der Waals surface area contributed by atoms with Gasteiger partial charge < -0.3 is 15.4 Å². The third-order valence-electron chi connectivity index (χ3n) is 5.33. The van der Waals surface area contributed by atoms with Crippen LogP contribution in [0.25, 0.3) is 0 Å². The molecule has 7 nitrogen and oxygen atoms in total. The number of carbonyl (C=O) groups excluding carboxylic acids is 1. The molecule has 3 rings (SSSR count). The second-order valence-corrected chi connectivity index (χ2v) is 8.19.